The van der Waals surface area contributed by atoms with Crippen molar-refractivity contribution < 1.29 is 9.18 Å². The summed E-state index contributed by atoms with van der Waals surface area (Å²) in [6.45, 7) is 0. The highest BCUT2D eigenvalue weighted by atomic mass is 32.2. The topological polar surface area (TPSA) is 54.9 Å². The summed E-state index contributed by atoms with van der Waals surface area (Å²) in [7, 11) is 0. The van der Waals surface area contributed by atoms with Crippen molar-refractivity contribution in [2.75, 3.05) is 5.32 Å². The maximum Gasteiger partial charge on any atom is 0.259 e. The summed E-state index contributed by atoms with van der Waals surface area (Å²) in [5, 5.41) is 11.3. The first-order chi connectivity index (χ1) is 11.7. The minimum absolute atomic E-state index is 0.0261. The first kappa shape index (κ1) is 16.1. The van der Waals surface area contributed by atoms with Crippen LogP contribution in [0.5, 0.6) is 0 Å². The third-order valence-electron chi connectivity index (χ3n) is 3.23. The van der Waals surface area contributed by atoms with Crippen LogP contribution in [0.15, 0.2) is 71.8 Å². The Balaban J connectivity index is 1.60. The van der Waals surface area contributed by atoms with Crippen LogP contribution in [0, 0.1) is 5.82 Å². The molecule has 2 aromatic carbocycles. The highest BCUT2D eigenvalue weighted by Gasteiger charge is 2.11. The van der Waals surface area contributed by atoms with E-state index in [2.05, 4.69) is 15.5 Å². The number of benzene rings is 2. The molecule has 0 aliphatic carbocycles. The maximum absolute atomic E-state index is 13.6. The fourth-order valence-electron chi connectivity index (χ4n) is 2.02. The summed E-state index contributed by atoms with van der Waals surface area (Å²) >= 11 is 1.55. The van der Waals surface area contributed by atoms with Gasteiger partial charge in [-0.05, 0) is 29.8 Å². The van der Waals surface area contributed by atoms with Gasteiger partial charge in [0.25, 0.3) is 5.91 Å². The second kappa shape index (κ2) is 7.70. The van der Waals surface area contributed by atoms with Crippen LogP contribution in [0.3, 0.4) is 0 Å². The molecule has 0 aliphatic rings. The SMILES string of the molecule is O=C(Nc1ccc(SCc2ccccc2)nn1)c1ccccc1F. The van der Waals surface area contributed by atoms with Crippen molar-refractivity contribution in [3.05, 3.63) is 83.7 Å². The number of rotatable bonds is 5. The van der Waals surface area contributed by atoms with E-state index in [4.69, 9.17) is 0 Å². The normalized spacial score (nSPS) is 10.4. The Morgan fingerprint density at radius 2 is 1.71 bits per heavy atom. The quantitative estimate of drug-likeness (QED) is 0.709. The predicted molar refractivity (Wildman–Crippen MR) is 92.4 cm³/mol. The van der Waals surface area contributed by atoms with Crippen LogP contribution in [0.25, 0.3) is 0 Å². The van der Waals surface area contributed by atoms with Crippen molar-refractivity contribution in [2.24, 2.45) is 0 Å². The molecule has 0 bridgehead atoms. The molecule has 0 radical (unpaired) electrons. The number of nitrogens with one attached hydrogen (secondary N) is 1. The molecule has 0 saturated heterocycles. The molecule has 1 aromatic heterocycles. The second-order valence-corrected chi connectivity index (χ2v) is 5.96. The van der Waals surface area contributed by atoms with Crippen LogP contribution in [0.4, 0.5) is 10.2 Å². The lowest BCUT2D eigenvalue weighted by Gasteiger charge is -2.05. The van der Waals surface area contributed by atoms with Crippen molar-refractivity contribution >= 4 is 23.5 Å². The van der Waals surface area contributed by atoms with E-state index in [1.165, 1.54) is 23.8 Å². The van der Waals surface area contributed by atoms with E-state index in [1.54, 1.807) is 30.0 Å². The van der Waals surface area contributed by atoms with E-state index in [0.717, 1.165) is 10.8 Å². The molecule has 0 saturated carbocycles. The number of hydrogen-bond donors (Lipinski definition) is 1. The molecule has 3 rings (SSSR count). The first-order valence-electron chi connectivity index (χ1n) is 7.29. The molecule has 0 spiro atoms. The van der Waals surface area contributed by atoms with Gasteiger partial charge in [-0.15, -0.1) is 10.2 Å². The number of nitrogens with zero attached hydrogens (tertiary/aromatic N) is 2. The van der Waals surface area contributed by atoms with E-state index in [9.17, 15) is 9.18 Å². The van der Waals surface area contributed by atoms with Gasteiger partial charge in [0.2, 0.25) is 0 Å². The molecule has 1 heterocycles. The van der Waals surface area contributed by atoms with Gasteiger partial charge in [-0.2, -0.15) is 0 Å². The molecule has 6 heteroatoms. The van der Waals surface area contributed by atoms with Crippen LogP contribution in [-0.4, -0.2) is 16.1 Å². The summed E-state index contributed by atoms with van der Waals surface area (Å²) < 4.78 is 13.6. The molecular formula is C18H14FN3OS. The zero-order valence-corrected chi connectivity index (χ0v) is 13.5. The van der Waals surface area contributed by atoms with Gasteiger partial charge >= 0.3 is 0 Å². The Morgan fingerprint density at radius 3 is 2.42 bits per heavy atom. The van der Waals surface area contributed by atoms with Gasteiger partial charge in [0.05, 0.1) is 5.56 Å². The standard InChI is InChI=1S/C18H14FN3OS/c19-15-9-5-4-8-14(15)18(23)20-16-10-11-17(22-21-16)24-12-13-6-2-1-3-7-13/h1-11H,12H2,(H,20,21,23). The Bertz CT molecular complexity index is 825. The minimum atomic E-state index is -0.571. The van der Waals surface area contributed by atoms with Crippen molar-refractivity contribution in [3.8, 4) is 0 Å². The number of carbonyl (C=O) groups is 1. The zero-order valence-electron chi connectivity index (χ0n) is 12.6. The molecule has 0 aliphatic heterocycles. The van der Waals surface area contributed by atoms with Crippen molar-refractivity contribution in [1.82, 2.24) is 10.2 Å². The molecule has 1 amide bonds. The molecule has 24 heavy (non-hydrogen) atoms. The second-order valence-electron chi connectivity index (χ2n) is 4.97. The van der Waals surface area contributed by atoms with Gasteiger partial charge in [-0.1, -0.05) is 54.2 Å². The van der Waals surface area contributed by atoms with Gasteiger partial charge in [-0.25, -0.2) is 4.39 Å². The van der Waals surface area contributed by atoms with E-state index in [1.807, 2.05) is 30.3 Å². The van der Waals surface area contributed by atoms with Crippen LogP contribution in [0.2, 0.25) is 0 Å². The van der Waals surface area contributed by atoms with Gasteiger partial charge < -0.3 is 5.32 Å². The number of carbonyl (C=O) groups excluding carboxylic acids is 1. The fourth-order valence-corrected chi connectivity index (χ4v) is 2.79. The molecule has 120 valence electrons. The lowest BCUT2D eigenvalue weighted by molar-refractivity contribution is 0.102. The summed E-state index contributed by atoms with van der Waals surface area (Å²) in [4.78, 5) is 12.0. The van der Waals surface area contributed by atoms with Crippen LogP contribution < -0.4 is 5.32 Å². The Hall–Kier alpha value is -2.73. The smallest absolute Gasteiger partial charge is 0.259 e. The summed E-state index contributed by atoms with van der Waals surface area (Å²) in [5.74, 6) is -0.0476. The highest BCUT2D eigenvalue weighted by Crippen LogP contribution is 2.20. The fraction of sp³-hybridized carbons (Fsp3) is 0.0556. The minimum Gasteiger partial charge on any atom is -0.305 e. The zero-order chi connectivity index (χ0) is 16.8. The third-order valence-corrected chi connectivity index (χ3v) is 4.22. The predicted octanol–water partition coefficient (Wildman–Crippen LogP) is 4.16. The van der Waals surface area contributed by atoms with E-state index in [0.29, 0.717) is 0 Å². The average molecular weight is 339 g/mol. The van der Waals surface area contributed by atoms with Crippen LogP contribution in [-0.2, 0) is 5.75 Å². The Kier molecular flexibility index (Phi) is 5.18. The molecule has 1 N–H and O–H groups in total. The third kappa shape index (κ3) is 4.17. The maximum atomic E-state index is 13.6. The van der Waals surface area contributed by atoms with Gasteiger partial charge in [0, 0.05) is 5.75 Å². The Labute approximate surface area is 143 Å². The summed E-state index contributed by atoms with van der Waals surface area (Å²) in [5.41, 5.74) is 1.17. The van der Waals surface area contributed by atoms with Crippen molar-refractivity contribution in [3.63, 3.8) is 0 Å². The monoisotopic (exact) mass is 339 g/mol. The molecule has 4 nitrogen and oxygen atoms in total. The van der Waals surface area contributed by atoms with Crippen LogP contribution >= 0.6 is 11.8 Å². The van der Waals surface area contributed by atoms with Gasteiger partial charge in [0.15, 0.2) is 5.82 Å². The number of thioether (sulfide) groups is 1. The van der Waals surface area contributed by atoms with Crippen molar-refractivity contribution in [1.29, 1.82) is 0 Å². The van der Waals surface area contributed by atoms with Crippen molar-refractivity contribution in [2.45, 2.75) is 10.8 Å². The molecule has 0 fully saturated rings. The average Bonchev–Trinajstić information content (AvgIpc) is 2.62. The first-order valence-corrected chi connectivity index (χ1v) is 8.27. The number of anilines is 1. The molecular weight excluding hydrogens is 325 g/mol. The number of hydrogen-bond acceptors (Lipinski definition) is 4. The largest absolute Gasteiger partial charge is 0.305 e. The number of amides is 1. The molecule has 3 aromatic rings. The molecule has 0 atom stereocenters. The summed E-state index contributed by atoms with van der Waals surface area (Å²) in [6.07, 6.45) is 0. The molecule has 0 unspecified atom stereocenters. The summed E-state index contributed by atoms with van der Waals surface area (Å²) in [6, 6.07) is 19.3. The number of halogens is 1. The van der Waals surface area contributed by atoms with Gasteiger partial charge in [-0.3, -0.25) is 4.79 Å². The van der Waals surface area contributed by atoms with E-state index < -0.39 is 11.7 Å². The Morgan fingerprint density at radius 1 is 0.958 bits per heavy atom. The lowest BCUT2D eigenvalue weighted by atomic mass is 10.2. The van der Waals surface area contributed by atoms with Crippen LogP contribution in [0.1, 0.15) is 15.9 Å². The number of aromatic nitrogens is 2. The van der Waals surface area contributed by atoms with E-state index >= 15 is 0 Å². The van der Waals surface area contributed by atoms with E-state index in [-0.39, 0.29) is 11.4 Å². The van der Waals surface area contributed by atoms with Gasteiger partial charge in [0.1, 0.15) is 10.8 Å². The lowest BCUT2D eigenvalue weighted by Crippen LogP contribution is -2.14. The highest BCUT2D eigenvalue weighted by molar-refractivity contribution is 7.98.